The molecule has 2 aromatic carbocycles. The standard InChI is InChI=1S/C14H11F2NO/c1-9(18)13-7-4-11(16)8-14(13)17-12-5-2-10(15)3-6-12/h2-8,17H,1H3. The highest BCUT2D eigenvalue weighted by Gasteiger charge is 2.08. The van der Waals surface area contributed by atoms with Gasteiger partial charge in [-0.1, -0.05) is 0 Å². The number of nitrogens with one attached hydrogen (secondary N) is 1. The average molecular weight is 247 g/mol. The van der Waals surface area contributed by atoms with Crippen LogP contribution in [0.5, 0.6) is 0 Å². The molecule has 2 nitrogen and oxygen atoms in total. The van der Waals surface area contributed by atoms with Crippen molar-refractivity contribution in [2.45, 2.75) is 6.92 Å². The summed E-state index contributed by atoms with van der Waals surface area (Å²) in [6.07, 6.45) is 0. The van der Waals surface area contributed by atoms with Gasteiger partial charge in [0.15, 0.2) is 5.78 Å². The monoisotopic (exact) mass is 247 g/mol. The number of Topliss-reactive ketones (excluding diaryl/α,β-unsaturated/α-hetero) is 1. The van der Waals surface area contributed by atoms with E-state index in [1.807, 2.05) is 0 Å². The van der Waals surface area contributed by atoms with Crippen molar-refractivity contribution in [2.24, 2.45) is 0 Å². The number of carbonyl (C=O) groups excluding carboxylic acids is 1. The van der Waals surface area contributed by atoms with Gasteiger partial charge in [0.25, 0.3) is 0 Å². The number of ketones is 1. The Balaban J connectivity index is 2.35. The third-order valence-corrected chi connectivity index (χ3v) is 2.48. The van der Waals surface area contributed by atoms with Crippen LogP contribution in [0, 0.1) is 11.6 Å². The van der Waals surface area contributed by atoms with Crippen LogP contribution in [-0.2, 0) is 0 Å². The second kappa shape index (κ2) is 4.96. The largest absolute Gasteiger partial charge is 0.355 e. The van der Waals surface area contributed by atoms with Gasteiger partial charge in [0.2, 0.25) is 0 Å². The van der Waals surface area contributed by atoms with Crippen LogP contribution >= 0.6 is 0 Å². The SMILES string of the molecule is CC(=O)c1ccc(F)cc1Nc1ccc(F)cc1. The Labute approximate surface area is 103 Å². The minimum Gasteiger partial charge on any atom is -0.355 e. The molecule has 0 atom stereocenters. The molecule has 0 saturated heterocycles. The normalized spacial score (nSPS) is 10.2. The summed E-state index contributed by atoms with van der Waals surface area (Å²) in [6, 6.07) is 9.49. The number of halogens is 2. The van der Waals surface area contributed by atoms with Crippen LogP contribution in [0.3, 0.4) is 0 Å². The highest BCUT2D eigenvalue weighted by atomic mass is 19.1. The van der Waals surface area contributed by atoms with Crippen LogP contribution in [0.15, 0.2) is 42.5 Å². The van der Waals surface area contributed by atoms with Gasteiger partial charge in [-0.05, 0) is 49.4 Å². The van der Waals surface area contributed by atoms with E-state index in [0.717, 1.165) is 0 Å². The van der Waals surface area contributed by atoms with Gasteiger partial charge in [-0.25, -0.2) is 8.78 Å². The predicted molar refractivity (Wildman–Crippen MR) is 66.1 cm³/mol. The van der Waals surface area contributed by atoms with Crippen molar-refractivity contribution in [3.63, 3.8) is 0 Å². The summed E-state index contributed by atoms with van der Waals surface area (Å²) in [5, 5.41) is 2.89. The molecule has 92 valence electrons. The van der Waals surface area contributed by atoms with Crippen LogP contribution in [0.4, 0.5) is 20.2 Å². The van der Waals surface area contributed by atoms with Gasteiger partial charge in [0, 0.05) is 11.3 Å². The molecular formula is C14H11F2NO. The smallest absolute Gasteiger partial charge is 0.161 e. The topological polar surface area (TPSA) is 29.1 Å². The maximum absolute atomic E-state index is 13.2. The maximum Gasteiger partial charge on any atom is 0.161 e. The van der Waals surface area contributed by atoms with E-state index in [4.69, 9.17) is 0 Å². The fourth-order valence-corrected chi connectivity index (χ4v) is 1.62. The first-order chi connectivity index (χ1) is 8.56. The van der Waals surface area contributed by atoms with Gasteiger partial charge in [-0.15, -0.1) is 0 Å². The molecule has 1 N–H and O–H groups in total. The van der Waals surface area contributed by atoms with E-state index >= 15 is 0 Å². The molecule has 0 aliphatic rings. The van der Waals surface area contributed by atoms with E-state index in [2.05, 4.69) is 5.32 Å². The molecule has 0 aromatic heterocycles. The second-order valence-electron chi connectivity index (χ2n) is 3.88. The quantitative estimate of drug-likeness (QED) is 0.833. The predicted octanol–water partition coefficient (Wildman–Crippen LogP) is 3.91. The molecule has 0 bridgehead atoms. The zero-order valence-corrected chi connectivity index (χ0v) is 9.71. The Bertz CT molecular complexity index is 579. The molecule has 4 heteroatoms. The summed E-state index contributed by atoms with van der Waals surface area (Å²) in [4.78, 5) is 11.4. The molecule has 0 unspecified atom stereocenters. The van der Waals surface area contributed by atoms with Crippen LogP contribution < -0.4 is 5.32 Å². The Hall–Kier alpha value is -2.23. The average Bonchev–Trinajstić information content (AvgIpc) is 2.32. The van der Waals surface area contributed by atoms with Crippen LogP contribution in [-0.4, -0.2) is 5.78 Å². The summed E-state index contributed by atoms with van der Waals surface area (Å²) in [5.74, 6) is -0.962. The van der Waals surface area contributed by atoms with Crippen molar-refractivity contribution < 1.29 is 13.6 Å². The van der Waals surface area contributed by atoms with E-state index in [1.165, 1.54) is 49.4 Å². The van der Waals surface area contributed by atoms with E-state index in [-0.39, 0.29) is 11.6 Å². The van der Waals surface area contributed by atoms with E-state index in [0.29, 0.717) is 16.9 Å². The van der Waals surface area contributed by atoms with E-state index < -0.39 is 5.82 Å². The van der Waals surface area contributed by atoms with Gasteiger partial charge in [0.05, 0.1) is 5.69 Å². The first kappa shape index (κ1) is 12.2. The maximum atomic E-state index is 13.2. The van der Waals surface area contributed by atoms with Crippen LogP contribution in [0.2, 0.25) is 0 Å². The number of hydrogen-bond donors (Lipinski definition) is 1. The second-order valence-corrected chi connectivity index (χ2v) is 3.88. The lowest BCUT2D eigenvalue weighted by Crippen LogP contribution is -2.01. The molecule has 0 radical (unpaired) electrons. The van der Waals surface area contributed by atoms with Gasteiger partial charge in [-0.3, -0.25) is 4.79 Å². The molecule has 0 saturated carbocycles. The number of carbonyl (C=O) groups is 1. The fourth-order valence-electron chi connectivity index (χ4n) is 1.62. The van der Waals surface area contributed by atoms with Gasteiger partial charge < -0.3 is 5.32 Å². The van der Waals surface area contributed by atoms with Crippen molar-refractivity contribution in [2.75, 3.05) is 5.32 Å². The minimum atomic E-state index is -0.440. The Morgan fingerprint density at radius 2 is 1.61 bits per heavy atom. The van der Waals surface area contributed by atoms with Crippen molar-refractivity contribution in [3.8, 4) is 0 Å². The lowest BCUT2D eigenvalue weighted by molar-refractivity contribution is 0.101. The van der Waals surface area contributed by atoms with Gasteiger partial charge >= 0.3 is 0 Å². The molecule has 0 heterocycles. The highest BCUT2D eigenvalue weighted by molar-refractivity contribution is 6.00. The molecule has 0 amide bonds. The van der Waals surface area contributed by atoms with Crippen molar-refractivity contribution in [1.82, 2.24) is 0 Å². The molecule has 0 spiro atoms. The van der Waals surface area contributed by atoms with E-state index in [9.17, 15) is 13.6 Å². The number of rotatable bonds is 3. The zero-order chi connectivity index (χ0) is 13.1. The third kappa shape index (κ3) is 2.71. The summed E-state index contributed by atoms with van der Waals surface area (Å²) in [5.41, 5.74) is 1.35. The first-order valence-electron chi connectivity index (χ1n) is 5.39. The zero-order valence-electron chi connectivity index (χ0n) is 9.71. The van der Waals surface area contributed by atoms with Crippen LogP contribution in [0.25, 0.3) is 0 Å². The lowest BCUT2D eigenvalue weighted by Gasteiger charge is -2.10. The molecule has 2 rings (SSSR count). The first-order valence-corrected chi connectivity index (χ1v) is 5.39. The van der Waals surface area contributed by atoms with Crippen molar-refractivity contribution >= 4 is 17.2 Å². The molecule has 18 heavy (non-hydrogen) atoms. The summed E-state index contributed by atoms with van der Waals surface area (Å²) < 4.78 is 25.9. The Morgan fingerprint density at radius 1 is 1.00 bits per heavy atom. The number of benzene rings is 2. The minimum absolute atomic E-state index is 0.167. The Kier molecular flexibility index (Phi) is 3.37. The van der Waals surface area contributed by atoms with Gasteiger partial charge in [0.1, 0.15) is 11.6 Å². The molecule has 0 aliphatic heterocycles. The molecule has 0 aliphatic carbocycles. The van der Waals surface area contributed by atoms with Crippen LogP contribution in [0.1, 0.15) is 17.3 Å². The fraction of sp³-hybridized carbons (Fsp3) is 0.0714. The molecular weight excluding hydrogens is 236 g/mol. The van der Waals surface area contributed by atoms with E-state index in [1.54, 1.807) is 0 Å². The summed E-state index contributed by atoms with van der Waals surface area (Å²) in [6.45, 7) is 1.41. The van der Waals surface area contributed by atoms with Gasteiger partial charge in [-0.2, -0.15) is 0 Å². The Morgan fingerprint density at radius 3 is 2.22 bits per heavy atom. The lowest BCUT2D eigenvalue weighted by atomic mass is 10.1. The number of hydrogen-bond acceptors (Lipinski definition) is 2. The summed E-state index contributed by atoms with van der Waals surface area (Å²) >= 11 is 0. The molecule has 2 aromatic rings. The third-order valence-electron chi connectivity index (χ3n) is 2.48. The summed E-state index contributed by atoms with van der Waals surface area (Å²) in [7, 11) is 0. The molecule has 0 fully saturated rings. The van der Waals surface area contributed by atoms with Crippen molar-refractivity contribution in [1.29, 1.82) is 0 Å². The highest BCUT2D eigenvalue weighted by Crippen LogP contribution is 2.22. The number of anilines is 2. The van der Waals surface area contributed by atoms with Crippen molar-refractivity contribution in [3.05, 3.63) is 59.7 Å².